The molecule has 0 aliphatic carbocycles. The highest BCUT2D eigenvalue weighted by Gasteiger charge is 2.15. The zero-order chi connectivity index (χ0) is 11.0. The smallest absolute Gasteiger partial charge is 0.0453 e. The van der Waals surface area contributed by atoms with Crippen molar-refractivity contribution in [2.45, 2.75) is 13.3 Å². The molecule has 0 amide bonds. The summed E-state index contributed by atoms with van der Waals surface area (Å²) in [6.07, 6.45) is 1.15. The standard InChI is InChI=1S/C15H15N/c1-11-5-2-3-7-13(11)14-8-4-6-12-9-10-16-15(12)14/h2-8,16H,9-10H2,1H3. The number of benzene rings is 2. The predicted octanol–water partition coefficient (Wildman–Crippen LogP) is 3.63. The van der Waals surface area contributed by atoms with Crippen molar-refractivity contribution in [2.24, 2.45) is 0 Å². The summed E-state index contributed by atoms with van der Waals surface area (Å²) in [7, 11) is 0. The number of rotatable bonds is 1. The zero-order valence-electron chi connectivity index (χ0n) is 9.46. The van der Waals surface area contributed by atoms with Gasteiger partial charge in [0.1, 0.15) is 0 Å². The van der Waals surface area contributed by atoms with Crippen LogP contribution < -0.4 is 5.32 Å². The molecule has 0 bridgehead atoms. The van der Waals surface area contributed by atoms with E-state index in [9.17, 15) is 0 Å². The van der Waals surface area contributed by atoms with Gasteiger partial charge in [0.05, 0.1) is 0 Å². The van der Waals surface area contributed by atoms with E-state index in [2.05, 4.69) is 54.7 Å². The van der Waals surface area contributed by atoms with Crippen LogP contribution in [0.25, 0.3) is 11.1 Å². The number of para-hydroxylation sites is 1. The Bertz CT molecular complexity index is 529. The van der Waals surface area contributed by atoms with Gasteiger partial charge in [-0.3, -0.25) is 0 Å². The highest BCUT2D eigenvalue weighted by atomic mass is 14.9. The third-order valence-corrected chi connectivity index (χ3v) is 3.28. The fraction of sp³-hybridized carbons (Fsp3) is 0.200. The number of nitrogens with one attached hydrogen (secondary N) is 1. The highest BCUT2D eigenvalue weighted by Crippen LogP contribution is 2.35. The van der Waals surface area contributed by atoms with Crippen molar-refractivity contribution in [1.29, 1.82) is 0 Å². The van der Waals surface area contributed by atoms with Crippen LogP contribution >= 0.6 is 0 Å². The quantitative estimate of drug-likeness (QED) is 0.756. The fourth-order valence-electron chi connectivity index (χ4n) is 2.44. The Hall–Kier alpha value is -1.76. The van der Waals surface area contributed by atoms with Crippen molar-refractivity contribution in [2.75, 3.05) is 11.9 Å². The monoisotopic (exact) mass is 209 g/mol. The Morgan fingerprint density at radius 3 is 2.62 bits per heavy atom. The zero-order valence-corrected chi connectivity index (χ0v) is 9.46. The van der Waals surface area contributed by atoms with Gasteiger partial charge in [-0.2, -0.15) is 0 Å². The molecule has 3 rings (SSSR count). The molecule has 0 atom stereocenters. The van der Waals surface area contributed by atoms with Crippen LogP contribution in [0.15, 0.2) is 42.5 Å². The van der Waals surface area contributed by atoms with Crippen molar-refractivity contribution >= 4 is 5.69 Å². The minimum atomic E-state index is 1.07. The van der Waals surface area contributed by atoms with E-state index in [-0.39, 0.29) is 0 Å². The van der Waals surface area contributed by atoms with Gasteiger partial charge in [-0.15, -0.1) is 0 Å². The Balaban J connectivity index is 2.21. The summed E-state index contributed by atoms with van der Waals surface area (Å²) in [5, 5.41) is 3.49. The van der Waals surface area contributed by atoms with Gasteiger partial charge in [-0.05, 0) is 30.0 Å². The summed E-state index contributed by atoms with van der Waals surface area (Å²) in [4.78, 5) is 0. The second-order valence-electron chi connectivity index (χ2n) is 4.33. The molecular weight excluding hydrogens is 194 g/mol. The lowest BCUT2D eigenvalue weighted by Gasteiger charge is -2.11. The SMILES string of the molecule is Cc1ccccc1-c1cccc2c1NCC2. The molecule has 2 aromatic carbocycles. The molecule has 1 nitrogen and oxygen atoms in total. The van der Waals surface area contributed by atoms with Gasteiger partial charge in [0.25, 0.3) is 0 Å². The summed E-state index contributed by atoms with van der Waals surface area (Å²) in [6, 6.07) is 15.2. The molecule has 80 valence electrons. The second kappa shape index (κ2) is 3.67. The Labute approximate surface area is 96.1 Å². The fourth-order valence-corrected chi connectivity index (χ4v) is 2.44. The molecule has 0 radical (unpaired) electrons. The largest absolute Gasteiger partial charge is 0.384 e. The first-order chi connectivity index (χ1) is 7.86. The third-order valence-electron chi connectivity index (χ3n) is 3.28. The maximum atomic E-state index is 3.49. The van der Waals surface area contributed by atoms with Gasteiger partial charge in [-0.25, -0.2) is 0 Å². The van der Waals surface area contributed by atoms with Crippen LogP contribution in [0.3, 0.4) is 0 Å². The van der Waals surface area contributed by atoms with Crippen LogP contribution in [0.4, 0.5) is 5.69 Å². The first kappa shape index (κ1) is 9.46. The van der Waals surface area contributed by atoms with Gasteiger partial charge in [0.15, 0.2) is 0 Å². The molecule has 0 unspecified atom stereocenters. The Morgan fingerprint density at radius 1 is 0.938 bits per heavy atom. The van der Waals surface area contributed by atoms with Crippen LogP contribution in [-0.4, -0.2) is 6.54 Å². The average molecular weight is 209 g/mol. The molecule has 1 N–H and O–H groups in total. The van der Waals surface area contributed by atoms with E-state index in [0.29, 0.717) is 0 Å². The van der Waals surface area contributed by atoms with Crippen molar-refractivity contribution < 1.29 is 0 Å². The molecule has 1 aliphatic heterocycles. The normalized spacial score (nSPS) is 13.3. The van der Waals surface area contributed by atoms with E-state index in [1.54, 1.807) is 0 Å². The maximum Gasteiger partial charge on any atom is 0.0453 e. The molecule has 0 saturated carbocycles. The maximum absolute atomic E-state index is 3.49. The van der Waals surface area contributed by atoms with E-state index < -0.39 is 0 Å². The lowest BCUT2D eigenvalue weighted by atomic mass is 9.97. The summed E-state index contributed by atoms with van der Waals surface area (Å²) in [5.74, 6) is 0. The van der Waals surface area contributed by atoms with Crippen LogP contribution in [0.1, 0.15) is 11.1 Å². The van der Waals surface area contributed by atoms with Crippen molar-refractivity contribution in [3.63, 3.8) is 0 Å². The van der Waals surface area contributed by atoms with E-state index >= 15 is 0 Å². The van der Waals surface area contributed by atoms with Crippen LogP contribution in [0.2, 0.25) is 0 Å². The molecule has 1 heteroatoms. The van der Waals surface area contributed by atoms with Crippen molar-refractivity contribution in [3.05, 3.63) is 53.6 Å². The number of hydrogen-bond donors (Lipinski definition) is 1. The summed E-state index contributed by atoms with van der Waals surface area (Å²) in [5.41, 5.74) is 6.80. The lowest BCUT2D eigenvalue weighted by molar-refractivity contribution is 1.11. The molecule has 0 saturated heterocycles. The number of anilines is 1. The van der Waals surface area contributed by atoms with Gasteiger partial charge in [0, 0.05) is 17.8 Å². The molecule has 0 spiro atoms. The van der Waals surface area contributed by atoms with Crippen molar-refractivity contribution in [3.8, 4) is 11.1 Å². The lowest BCUT2D eigenvalue weighted by Crippen LogP contribution is -1.94. The predicted molar refractivity (Wildman–Crippen MR) is 68.8 cm³/mol. The van der Waals surface area contributed by atoms with Crippen molar-refractivity contribution in [1.82, 2.24) is 0 Å². The number of aryl methyl sites for hydroxylation is 1. The van der Waals surface area contributed by atoms with Crippen LogP contribution in [0.5, 0.6) is 0 Å². The van der Waals surface area contributed by atoms with Gasteiger partial charge in [0.2, 0.25) is 0 Å². The minimum Gasteiger partial charge on any atom is -0.384 e. The average Bonchev–Trinajstić information content (AvgIpc) is 2.77. The molecule has 1 aliphatic rings. The summed E-state index contributed by atoms with van der Waals surface area (Å²) < 4.78 is 0. The summed E-state index contributed by atoms with van der Waals surface area (Å²) in [6.45, 7) is 3.24. The van der Waals surface area contributed by atoms with Gasteiger partial charge < -0.3 is 5.32 Å². The van der Waals surface area contributed by atoms with Crippen LogP contribution in [-0.2, 0) is 6.42 Å². The Morgan fingerprint density at radius 2 is 1.75 bits per heavy atom. The van der Waals surface area contributed by atoms with E-state index in [1.165, 1.54) is 27.9 Å². The second-order valence-corrected chi connectivity index (χ2v) is 4.33. The molecule has 1 heterocycles. The van der Waals surface area contributed by atoms with E-state index in [4.69, 9.17) is 0 Å². The number of hydrogen-bond acceptors (Lipinski definition) is 1. The van der Waals surface area contributed by atoms with E-state index in [1.807, 2.05) is 0 Å². The topological polar surface area (TPSA) is 12.0 Å². The first-order valence-electron chi connectivity index (χ1n) is 5.78. The van der Waals surface area contributed by atoms with E-state index in [0.717, 1.165) is 13.0 Å². The summed E-state index contributed by atoms with van der Waals surface area (Å²) >= 11 is 0. The number of fused-ring (bicyclic) bond motifs is 1. The molecule has 2 aromatic rings. The van der Waals surface area contributed by atoms with Gasteiger partial charge in [-0.1, -0.05) is 42.5 Å². The first-order valence-corrected chi connectivity index (χ1v) is 5.78. The minimum absolute atomic E-state index is 1.07. The molecule has 0 fully saturated rings. The molecular formula is C15H15N. The highest BCUT2D eigenvalue weighted by molar-refractivity contribution is 5.83. The molecule has 0 aromatic heterocycles. The molecule has 16 heavy (non-hydrogen) atoms. The third kappa shape index (κ3) is 1.40. The van der Waals surface area contributed by atoms with Gasteiger partial charge >= 0.3 is 0 Å². The Kier molecular flexibility index (Phi) is 2.17. The van der Waals surface area contributed by atoms with Crippen LogP contribution in [0, 0.1) is 6.92 Å².